The summed E-state index contributed by atoms with van der Waals surface area (Å²) in [6.45, 7) is 0. The van der Waals surface area contributed by atoms with Crippen molar-refractivity contribution in [2.24, 2.45) is 0 Å². The van der Waals surface area contributed by atoms with Crippen molar-refractivity contribution >= 4 is 45.9 Å². The molecule has 0 unspecified atom stereocenters. The lowest BCUT2D eigenvalue weighted by Crippen LogP contribution is -2.34. The molecule has 1 heterocycles. The van der Waals surface area contributed by atoms with Gasteiger partial charge in [0.1, 0.15) is 5.58 Å². The third-order valence-corrected chi connectivity index (χ3v) is 3.66. The molecular weight excluding hydrogens is 340 g/mol. The van der Waals surface area contributed by atoms with Gasteiger partial charge in [0.2, 0.25) is 0 Å². The van der Waals surface area contributed by atoms with E-state index in [4.69, 9.17) is 21.4 Å². The molecule has 0 radical (unpaired) electrons. The lowest BCUT2D eigenvalue weighted by Gasteiger charge is -2.11. The molecule has 3 aromatic rings. The number of furan rings is 1. The average molecular weight is 354 g/mol. The minimum atomic E-state index is -0.505. The van der Waals surface area contributed by atoms with Crippen molar-refractivity contribution in [3.05, 3.63) is 65.9 Å². The number of ether oxygens (including phenoxy) is 1. The molecule has 0 aliphatic carbocycles. The number of esters is 1. The summed E-state index contributed by atoms with van der Waals surface area (Å²) in [5.41, 5.74) is 1.36. The fraction of sp³-hybridized carbons (Fsp3) is 0.0556. The fourth-order valence-electron chi connectivity index (χ4n) is 2.29. The Hall–Kier alpha value is -3.19. The van der Waals surface area contributed by atoms with Crippen molar-refractivity contribution in [3.63, 3.8) is 0 Å². The first kappa shape index (κ1) is 16.7. The number of carbonyl (C=O) groups excluding carboxylic acids is 2. The molecule has 0 atom stereocenters. The number of hydrogen-bond donors (Lipinski definition) is 2. The van der Waals surface area contributed by atoms with E-state index in [0.717, 1.165) is 5.39 Å². The van der Waals surface area contributed by atoms with Gasteiger partial charge in [-0.3, -0.25) is 10.1 Å². The van der Waals surface area contributed by atoms with Crippen LogP contribution in [-0.4, -0.2) is 24.1 Å². The van der Waals surface area contributed by atoms with E-state index in [1.165, 1.54) is 7.11 Å². The molecule has 0 saturated carbocycles. The molecule has 1 aromatic heterocycles. The Morgan fingerprint density at radius 3 is 2.56 bits per heavy atom. The molecule has 6 nitrogen and oxygen atoms in total. The molecule has 0 spiro atoms. The smallest absolute Gasteiger partial charge is 0.339 e. The number of rotatable bonds is 3. The minimum Gasteiger partial charge on any atom is -0.465 e. The Morgan fingerprint density at radius 1 is 1.08 bits per heavy atom. The number of hydrogen-bond acceptors (Lipinski definition) is 5. The van der Waals surface area contributed by atoms with Crippen LogP contribution in [0.5, 0.6) is 0 Å². The number of nitrogens with one attached hydrogen (secondary N) is 2. The van der Waals surface area contributed by atoms with Gasteiger partial charge in [0.15, 0.2) is 10.9 Å². The monoisotopic (exact) mass is 354 g/mol. The molecular formula is C18H14N2O4S. The highest BCUT2D eigenvalue weighted by Crippen LogP contribution is 2.19. The Labute approximate surface area is 148 Å². The van der Waals surface area contributed by atoms with Crippen LogP contribution in [0, 0.1) is 0 Å². The number of fused-ring (bicyclic) bond motifs is 1. The molecule has 7 heteroatoms. The maximum absolute atomic E-state index is 12.3. The highest BCUT2D eigenvalue weighted by molar-refractivity contribution is 7.80. The van der Waals surface area contributed by atoms with E-state index in [-0.39, 0.29) is 10.9 Å². The van der Waals surface area contributed by atoms with E-state index in [0.29, 0.717) is 16.8 Å². The molecule has 0 saturated heterocycles. The number of para-hydroxylation sites is 2. The zero-order valence-corrected chi connectivity index (χ0v) is 14.1. The Bertz CT molecular complexity index is 931. The number of benzene rings is 2. The van der Waals surface area contributed by atoms with E-state index < -0.39 is 11.9 Å². The fourth-order valence-corrected chi connectivity index (χ4v) is 2.49. The van der Waals surface area contributed by atoms with Gasteiger partial charge in [0, 0.05) is 5.39 Å². The van der Waals surface area contributed by atoms with Gasteiger partial charge in [0.05, 0.1) is 18.4 Å². The maximum atomic E-state index is 12.3. The summed E-state index contributed by atoms with van der Waals surface area (Å²) in [4.78, 5) is 24.0. The van der Waals surface area contributed by atoms with Gasteiger partial charge < -0.3 is 14.5 Å². The van der Waals surface area contributed by atoms with Crippen LogP contribution >= 0.6 is 12.2 Å². The van der Waals surface area contributed by atoms with Crippen LogP contribution in [0.1, 0.15) is 20.9 Å². The van der Waals surface area contributed by atoms with Gasteiger partial charge in [0.25, 0.3) is 5.91 Å². The Morgan fingerprint density at radius 2 is 1.80 bits per heavy atom. The zero-order valence-electron chi connectivity index (χ0n) is 13.2. The van der Waals surface area contributed by atoms with Crippen LogP contribution < -0.4 is 10.6 Å². The predicted molar refractivity (Wildman–Crippen MR) is 97.7 cm³/mol. The van der Waals surface area contributed by atoms with E-state index in [1.807, 2.05) is 18.2 Å². The second-order valence-electron chi connectivity index (χ2n) is 5.09. The van der Waals surface area contributed by atoms with E-state index in [2.05, 4.69) is 10.6 Å². The topological polar surface area (TPSA) is 80.6 Å². The summed E-state index contributed by atoms with van der Waals surface area (Å²) >= 11 is 5.14. The van der Waals surface area contributed by atoms with Crippen LogP contribution in [-0.2, 0) is 4.74 Å². The average Bonchev–Trinajstić information content (AvgIpc) is 3.06. The number of thiocarbonyl (C=S) groups is 1. The first-order valence-corrected chi connectivity index (χ1v) is 7.77. The van der Waals surface area contributed by atoms with Crippen LogP contribution in [0.3, 0.4) is 0 Å². The molecule has 25 heavy (non-hydrogen) atoms. The molecule has 2 N–H and O–H groups in total. The van der Waals surface area contributed by atoms with Crippen LogP contribution in [0.25, 0.3) is 11.0 Å². The second kappa shape index (κ2) is 7.14. The highest BCUT2D eigenvalue weighted by Gasteiger charge is 2.16. The SMILES string of the molecule is COC(=O)c1ccccc1NC(=S)NC(=O)c1cc2ccccc2o1. The van der Waals surface area contributed by atoms with E-state index >= 15 is 0 Å². The zero-order chi connectivity index (χ0) is 17.8. The van der Waals surface area contributed by atoms with Crippen molar-refractivity contribution in [2.75, 3.05) is 12.4 Å². The summed E-state index contributed by atoms with van der Waals surface area (Å²) in [5, 5.41) is 6.21. The molecule has 3 rings (SSSR count). The number of amides is 1. The van der Waals surface area contributed by atoms with Gasteiger partial charge >= 0.3 is 5.97 Å². The number of anilines is 1. The number of carbonyl (C=O) groups is 2. The minimum absolute atomic E-state index is 0.0433. The molecule has 1 amide bonds. The molecule has 0 aliphatic heterocycles. The first-order chi connectivity index (χ1) is 12.1. The van der Waals surface area contributed by atoms with Gasteiger partial charge in [-0.1, -0.05) is 30.3 Å². The lowest BCUT2D eigenvalue weighted by molar-refractivity contribution is 0.0602. The van der Waals surface area contributed by atoms with Gasteiger partial charge in [-0.15, -0.1) is 0 Å². The number of methoxy groups -OCH3 is 1. The van der Waals surface area contributed by atoms with Gasteiger partial charge in [-0.2, -0.15) is 0 Å². The molecule has 0 aliphatic rings. The quantitative estimate of drug-likeness (QED) is 0.555. The van der Waals surface area contributed by atoms with Crippen molar-refractivity contribution in [3.8, 4) is 0 Å². The summed E-state index contributed by atoms with van der Waals surface area (Å²) in [7, 11) is 1.29. The third kappa shape index (κ3) is 3.67. The van der Waals surface area contributed by atoms with Crippen molar-refractivity contribution in [1.29, 1.82) is 0 Å². The first-order valence-electron chi connectivity index (χ1n) is 7.37. The maximum Gasteiger partial charge on any atom is 0.339 e. The molecule has 0 fully saturated rings. The third-order valence-electron chi connectivity index (χ3n) is 3.46. The van der Waals surface area contributed by atoms with E-state index in [9.17, 15) is 9.59 Å². The van der Waals surface area contributed by atoms with Crippen molar-refractivity contribution in [1.82, 2.24) is 5.32 Å². The Balaban J connectivity index is 1.72. The lowest BCUT2D eigenvalue weighted by atomic mass is 10.2. The van der Waals surface area contributed by atoms with Gasteiger partial charge in [-0.05, 0) is 36.5 Å². The standard InChI is InChI=1S/C18H14N2O4S/c1-23-17(22)12-7-3-4-8-13(12)19-18(25)20-16(21)15-10-11-6-2-5-9-14(11)24-15/h2-10H,1H3,(H2,19,20,21,25). The normalized spacial score (nSPS) is 10.3. The summed E-state index contributed by atoms with van der Waals surface area (Å²) in [6, 6.07) is 15.6. The predicted octanol–water partition coefficient (Wildman–Crippen LogP) is 3.35. The Kier molecular flexibility index (Phi) is 4.76. The summed E-state index contributed by atoms with van der Waals surface area (Å²) in [5.74, 6) is -0.842. The van der Waals surface area contributed by atoms with Crippen LogP contribution in [0.4, 0.5) is 5.69 Å². The molecule has 0 bridgehead atoms. The molecule has 126 valence electrons. The summed E-state index contributed by atoms with van der Waals surface area (Å²) in [6.07, 6.45) is 0. The second-order valence-corrected chi connectivity index (χ2v) is 5.50. The molecule has 2 aromatic carbocycles. The largest absolute Gasteiger partial charge is 0.465 e. The van der Waals surface area contributed by atoms with Crippen LogP contribution in [0.15, 0.2) is 59.0 Å². The van der Waals surface area contributed by atoms with Crippen molar-refractivity contribution < 1.29 is 18.7 Å². The van der Waals surface area contributed by atoms with Crippen molar-refractivity contribution in [2.45, 2.75) is 0 Å². The van der Waals surface area contributed by atoms with Crippen LogP contribution in [0.2, 0.25) is 0 Å². The van der Waals surface area contributed by atoms with E-state index in [1.54, 1.807) is 36.4 Å². The van der Waals surface area contributed by atoms with Gasteiger partial charge in [-0.25, -0.2) is 4.79 Å². The highest BCUT2D eigenvalue weighted by atomic mass is 32.1. The summed E-state index contributed by atoms with van der Waals surface area (Å²) < 4.78 is 10.2.